The van der Waals surface area contributed by atoms with Crippen LogP contribution >= 0.6 is 11.7 Å². The van der Waals surface area contributed by atoms with Gasteiger partial charge in [0.25, 0.3) is 5.91 Å². The Kier molecular flexibility index (Phi) is 5.78. The molecule has 1 saturated heterocycles. The van der Waals surface area contributed by atoms with Crippen LogP contribution < -0.4 is 4.90 Å². The van der Waals surface area contributed by atoms with Crippen molar-refractivity contribution in [1.29, 1.82) is 0 Å². The molecule has 1 aliphatic rings. The van der Waals surface area contributed by atoms with Crippen LogP contribution in [-0.4, -0.2) is 45.2 Å². The SMILES string of the molecule is O=C(c1ccco1)N(c1cccc2nsnc12)C1CCN(CCc2ccccc2)CC1. The highest BCUT2D eigenvalue weighted by molar-refractivity contribution is 7.00. The van der Waals surface area contributed by atoms with Crippen LogP contribution in [0.4, 0.5) is 5.69 Å². The van der Waals surface area contributed by atoms with Crippen molar-refractivity contribution in [3.8, 4) is 0 Å². The van der Waals surface area contributed by atoms with Gasteiger partial charge in [0.05, 0.1) is 23.7 Å². The van der Waals surface area contributed by atoms with Crippen LogP contribution in [0.3, 0.4) is 0 Å². The van der Waals surface area contributed by atoms with Crippen LogP contribution in [0.5, 0.6) is 0 Å². The maximum atomic E-state index is 13.4. The summed E-state index contributed by atoms with van der Waals surface area (Å²) in [6.45, 7) is 2.96. The van der Waals surface area contributed by atoms with Gasteiger partial charge in [0.15, 0.2) is 5.76 Å². The summed E-state index contributed by atoms with van der Waals surface area (Å²) < 4.78 is 14.3. The number of fused-ring (bicyclic) bond motifs is 1. The van der Waals surface area contributed by atoms with Crippen molar-refractivity contribution in [1.82, 2.24) is 13.6 Å². The molecule has 1 aliphatic heterocycles. The number of benzene rings is 2. The summed E-state index contributed by atoms with van der Waals surface area (Å²) in [6.07, 6.45) is 4.41. The number of aromatic nitrogens is 2. The fourth-order valence-corrected chi connectivity index (χ4v) is 4.86. The largest absolute Gasteiger partial charge is 0.459 e. The minimum absolute atomic E-state index is 0.0953. The molecule has 0 aliphatic carbocycles. The van der Waals surface area contributed by atoms with Crippen molar-refractivity contribution in [2.75, 3.05) is 24.5 Å². The molecule has 31 heavy (non-hydrogen) atoms. The van der Waals surface area contributed by atoms with Crippen molar-refractivity contribution in [3.63, 3.8) is 0 Å². The van der Waals surface area contributed by atoms with Crippen molar-refractivity contribution >= 4 is 34.4 Å². The van der Waals surface area contributed by atoms with Gasteiger partial charge in [-0.05, 0) is 49.1 Å². The number of rotatable bonds is 6. The molecule has 1 fully saturated rings. The number of hydrogen-bond acceptors (Lipinski definition) is 6. The molecule has 6 nitrogen and oxygen atoms in total. The average molecular weight is 433 g/mol. The summed E-state index contributed by atoms with van der Waals surface area (Å²) in [7, 11) is 0. The quantitative estimate of drug-likeness (QED) is 0.444. The summed E-state index contributed by atoms with van der Waals surface area (Å²) >= 11 is 1.18. The second-order valence-corrected chi connectivity index (χ2v) is 8.40. The van der Waals surface area contributed by atoms with Gasteiger partial charge >= 0.3 is 0 Å². The van der Waals surface area contributed by atoms with Crippen LogP contribution in [0.2, 0.25) is 0 Å². The Labute approximate surface area is 185 Å². The molecular formula is C24H24N4O2S. The smallest absolute Gasteiger partial charge is 0.294 e. The molecule has 0 N–H and O–H groups in total. The zero-order chi connectivity index (χ0) is 21.0. The molecule has 158 valence electrons. The Bertz CT molecular complexity index is 1130. The zero-order valence-corrected chi connectivity index (χ0v) is 18.0. The lowest BCUT2D eigenvalue weighted by atomic mass is 10.0. The lowest BCUT2D eigenvalue weighted by Crippen LogP contribution is -2.48. The second kappa shape index (κ2) is 8.99. The molecule has 0 saturated carbocycles. The Morgan fingerprint density at radius 1 is 1.03 bits per heavy atom. The van der Waals surface area contributed by atoms with Crippen molar-refractivity contribution < 1.29 is 9.21 Å². The molecular weight excluding hydrogens is 408 g/mol. The molecule has 2 aromatic heterocycles. The van der Waals surface area contributed by atoms with E-state index in [1.54, 1.807) is 18.4 Å². The Morgan fingerprint density at radius 3 is 2.65 bits per heavy atom. The van der Waals surface area contributed by atoms with Gasteiger partial charge in [-0.3, -0.25) is 4.79 Å². The van der Waals surface area contributed by atoms with E-state index in [2.05, 4.69) is 44.0 Å². The second-order valence-electron chi connectivity index (χ2n) is 7.87. The first kappa shape index (κ1) is 19.9. The van der Waals surface area contributed by atoms with Gasteiger partial charge in [0.2, 0.25) is 0 Å². The van der Waals surface area contributed by atoms with E-state index in [1.807, 2.05) is 23.1 Å². The molecule has 0 spiro atoms. The van der Waals surface area contributed by atoms with Crippen LogP contribution in [0.15, 0.2) is 71.3 Å². The Balaban J connectivity index is 1.34. The van der Waals surface area contributed by atoms with Crippen LogP contribution in [0.1, 0.15) is 29.0 Å². The first-order valence-electron chi connectivity index (χ1n) is 10.6. The number of carbonyl (C=O) groups is 1. The highest BCUT2D eigenvalue weighted by Gasteiger charge is 2.32. The van der Waals surface area contributed by atoms with Gasteiger partial charge in [0.1, 0.15) is 11.0 Å². The van der Waals surface area contributed by atoms with Gasteiger partial charge < -0.3 is 14.2 Å². The third-order valence-electron chi connectivity index (χ3n) is 5.96. The number of nitrogens with zero attached hydrogens (tertiary/aromatic N) is 4. The summed E-state index contributed by atoms with van der Waals surface area (Å²) in [5.74, 6) is 0.236. The van der Waals surface area contributed by atoms with E-state index in [0.29, 0.717) is 5.76 Å². The van der Waals surface area contributed by atoms with E-state index >= 15 is 0 Å². The summed E-state index contributed by atoms with van der Waals surface area (Å²) in [4.78, 5) is 17.8. The minimum Gasteiger partial charge on any atom is -0.459 e. The summed E-state index contributed by atoms with van der Waals surface area (Å²) in [5.41, 5.74) is 3.77. The molecule has 0 unspecified atom stereocenters. The molecule has 0 atom stereocenters. The maximum Gasteiger partial charge on any atom is 0.294 e. The highest BCUT2D eigenvalue weighted by Crippen LogP contribution is 2.31. The monoisotopic (exact) mass is 432 g/mol. The van der Waals surface area contributed by atoms with Crippen molar-refractivity contribution in [2.24, 2.45) is 0 Å². The zero-order valence-electron chi connectivity index (χ0n) is 17.2. The molecule has 0 bridgehead atoms. The minimum atomic E-state index is -0.117. The lowest BCUT2D eigenvalue weighted by Gasteiger charge is -2.38. The number of furan rings is 1. The topological polar surface area (TPSA) is 62.5 Å². The summed E-state index contributed by atoms with van der Waals surface area (Å²) in [6, 6.07) is 20.0. The fraction of sp³-hybridized carbons (Fsp3) is 0.292. The normalized spacial score (nSPS) is 15.4. The summed E-state index contributed by atoms with van der Waals surface area (Å²) in [5, 5.41) is 0. The molecule has 3 heterocycles. The van der Waals surface area contributed by atoms with E-state index in [4.69, 9.17) is 4.42 Å². The Hall–Kier alpha value is -3.03. The predicted octanol–water partition coefficient (Wildman–Crippen LogP) is 4.64. The number of carbonyl (C=O) groups excluding carboxylic acids is 1. The first-order valence-corrected chi connectivity index (χ1v) is 11.4. The van der Waals surface area contributed by atoms with Gasteiger partial charge in [-0.1, -0.05) is 36.4 Å². The lowest BCUT2D eigenvalue weighted by molar-refractivity contribution is 0.0933. The molecule has 0 radical (unpaired) electrons. The molecule has 4 aromatic rings. The van der Waals surface area contributed by atoms with Gasteiger partial charge in [-0.2, -0.15) is 8.75 Å². The first-order chi connectivity index (χ1) is 15.3. The number of hydrogen-bond donors (Lipinski definition) is 0. The molecule has 2 aromatic carbocycles. The molecule has 1 amide bonds. The number of anilines is 1. The van der Waals surface area contributed by atoms with Crippen molar-refractivity contribution in [3.05, 3.63) is 78.3 Å². The van der Waals surface area contributed by atoms with Crippen LogP contribution in [0, 0.1) is 0 Å². The van der Waals surface area contributed by atoms with E-state index in [0.717, 1.165) is 55.6 Å². The van der Waals surface area contributed by atoms with Crippen LogP contribution in [0.25, 0.3) is 11.0 Å². The molecule has 5 rings (SSSR count). The maximum absolute atomic E-state index is 13.4. The van der Waals surface area contributed by atoms with E-state index in [1.165, 1.54) is 17.3 Å². The van der Waals surface area contributed by atoms with E-state index in [9.17, 15) is 4.79 Å². The standard InChI is InChI=1S/C24H24N4O2S/c29-24(22-10-5-17-30-22)28(21-9-4-8-20-23(21)26-31-25-20)19-12-15-27(16-13-19)14-11-18-6-2-1-3-7-18/h1-10,17,19H,11-16H2. The van der Waals surface area contributed by atoms with Gasteiger partial charge in [-0.15, -0.1) is 0 Å². The average Bonchev–Trinajstić information content (AvgIpc) is 3.52. The molecule has 7 heteroatoms. The van der Waals surface area contributed by atoms with Crippen molar-refractivity contribution in [2.45, 2.75) is 25.3 Å². The van der Waals surface area contributed by atoms with Gasteiger partial charge in [-0.25, -0.2) is 0 Å². The number of likely N-dealkylation sites (tertiary alicyclic amines) is 1. The van der Waals surface area contributed by atoms with E-state index in [-0.39, 0.29) is 11.9 Å². The fourth-order valence-electron chi connectivity index (χ4n) is 4.31. The third-order valence-corrected chi connectivity index (χ3v) is 6.50. The number of amides is 1. The van der Waals surface area contributed by atoms with Crippen LogP contribution in [-0.2, 0) is 6.42 Å². The predicted molar refractivity (Wildman–Crippen MR) is 123 cm³/mol. The highest BCUT2D eigenvalue weighted by atomic mass is 32.1. The third kappa shape index (κ3) is 4.24. The van der Waals surface area contributed by atoms with E-state index < -0.39 is 0 Å². The Morgan fingerprint density at radius 2 is 1.87 bits per heavy atom. The van der Waals surface area contributed by atoms with Gasteiger partial charge in [0, 0.05) is 25.7 Å². The number of piperidine rings is 1.